The molecule has 33 heavy (non-hydrogen) atoms. The number of carbonyl (C=O) groups excluding carboxylic acids is 1. The SMILES string of the molecule is CC(C)(C)c1ccc(OCc2cccc(C(=O)O/N=C(\N)c3ccc([N+](=O)[O-])cc3)c2)cc1. The van der Waals surface area contributed by atoms with Crippen molar-refractivity contribution in [3.8, 4) is 5.75 Å². The van der Waals surface area contributed by atoms with E-state index in [4.69, 9.17) is 15.3 Å². The molecular weight excluding hydrogens is 422 g/mol. The van der Waals surface area contributed by atoms with Crippen molar-refractivity contribution in [1.29, 1.82) is 0 Å². The topological polar surface area (TPSA) is 117 Å². The third-order valence-electron chi connectivity index (χ3n) is 4.89. The standard InChI is InChI=1S/C25H25N3O5/c1-25(2,3)20-9-13-22(14-10-20)32-16-17-5-4-6-19(15-17)24(29)33-27-23(26)18-7-11-21(12-8-18)28(30)31/h4-15H,16H2,1-3H3,(H2,26,27). The van der Waals surface area contributed by atoms with Crippen molar-refractivity contribution >= 4 is 17.5 Å². The van der Waals surface area contributed by atoms with Crippen LogP contribution in [0.15, 0.2) is 78.0 Å². The van der Waals surface area contributed by atoms with Gasteiger partial charge in [-0.1, -0.05) is 50.2 Å². The van der Waals surface area contributed by atoms with E-state index < -0.39 is 10.9 Å². The van der Waals surface area contributed by atoms with Crippen LogP contribution in [0, 0.1) is 10.1 Å². The van der Waals surface area contributed by atoms with Crippen LogP contribution in [-0.4, -0.2) is 16.7 Å². The molecule has 8 nitrogen and oxygen atoms in total. The van der Waals surface area contributed by atoms with Crippen molar-refractivity contribution in [2.75, 3.05) is 0 Å². The number of nitro benzene ring substituents is 1. The summed E-state index contributed by atoms with van der Waals surface area (Å²) in [6.45, 7) is 6.73. The van der Waals surface area contributed by atoms with E-state index in [0.717, 1.165) is 11.3 Å². The molecule has 3 rings (SSSR count). The first kappa shape index (κ1) is 23.5. The summed E-state index contributed by atoms with van der Waals surface area (Å²) in [6.07, 6.45) is 0. The molecule has 0 aliphatic carbocycles. The molecular formula is C25H25N3O5. The molecule has 0 atom stereocenters. The van der Waals surface area contributed by atoms with Crippen molar-refractivity contribution in [3.05, 3.63) is 105 Å². The molecule has 0 aliphatic rings. The molecule has 0 aliphatic heterocycles. The van der Waals surface area contributed by atoms with Gasteiger partial charge in [-0.05, 0) is 52.9 Å². The fourth-order valence-electron chi connectivity index (χ4n) is 2.96. The molecule has 170 valence electrons. The van der Waals surface area contributed by atoms with Gasteiger partial charge in [0.15, 0.2) is 5.84 Å². The monoisotopic (exact) mass is 447 g/mol. The number of non-ortho nitro benzene ring substituents is 1. The third-order valence-corrected chi connectivity index (χ3v) is 4.89. The van der Waals surface area contributed by atoms with E-state index >= 15 is 0 Å². The van der Waals surface area contributed by atoms with Crippen LogP contribution in [0.1, 0.15) is 47.8 Å². The van der Waals surface area contributed by atoms with Gasteiger partial charge in [0.25, 0.3) is 5.69 Å². The number of carbonyl (C=O) groups is 1. The Morgan fingerprint density at radius 3 is 2.27 bits per heavy atom. The number of nitro groups is 1. The molecule has 0 spiro atoms. The van der Waals surface area contributed by atoms with E-state index in [0.29, 0.717) is 11.1 Å². The molecule has 3 aromatic carbocycles. The van der Waals surface area contributed by atoms with Crippen LogP contribution in [0.3, 0.4) is 0 Å². The summed E-state index contributed by atoms with van der Waals surface area (Å²) in [7, 11) is 0. The fourth-order valence-corrected chi connectivity index (χ4v) is 2.96. The third kappa shape index (κ3) is 6.39. The molecule has 0 unspecified atom stereocenters. The minimum Gasteiger partial charge on any atom is -0.489 e. The number of nitrogens with zero attached hydrogens (tertiary/aromatic N) is 2. The first-order chi connectivity index (χ1) is 15.6. The lowest BCUT2D eigenvalue weighted by Crippen LogP contribution is -2.15. The lowest BCUT2D eigenvalue weighted by atomic mass is 9.87. The summed E-state index contributed by atoms with van der Waals surface area (Å²) in [5.74, 6) is -0.0240. The van der Waals surface area contributed by atoms with Crippen LogP contribution in [0.5, 0.6) is 5.75 Å². The number of oxime groups is 1. The normalized spacial score (nSPS) is 11.7. The minimum atomic E-state index is -0.684. The number of hydrogen-bond acceptors (Lipinski definition) is 6. The Hall–Kier alpha value is -4.20. The van der Waals surface area contributed by atoms with Gasteiger partial charge in [0.05, 0.1) is 10.5 Å². The summed E-state index contributed by atoms with van der Waals surface area (Å²) in [4.78, 5) is 27.5. The predicted molar refractivity (Wildman–Crippen MR) is 125 cm³/mol. The maximum atomic E-state index is 12.4. The number of amidine groups is 1. The maximum Gasteiger partial charge on any atom is 0.365 e. The second-order valence-corrected chi connectivity index (χ2v) is 8.42. The molecule has 0 heterocycles. The van der Waals surface area contributed by atoms with E-state index in [1.807, 2.05) is 30.3 Å². The quantitative estimate of drug-likeness (QED) is 0.180. The van der Waals surface area contributed by atoms with E-state index in [-0.39, 0.29) is 23.5 Å². The summed E-state index contributed by atoms with van der Waals surface area (Å²) in [5, 5.41) is 14.4. The Balaban J connectivity index is 1.60. The molecule has 0 fully saturated rings. The highest BCUT2D eigenvalue weighted by Crippen LogP contribution is 2.24. The van der Waals surface area contributed by atoms with E-state index in [9.17, 15) is 14.9 Å². The summed E-state index contributed by atoms with van der Waals surface area (Å²) in [6, 6.07) is 20.2. The van der Waals surface area contributed by atoms with Crippen molar-refractivity contribution in [1.82, 2.24) is 0 Å². The molecule has 2 N–H and O–H groups in total. The number of rotatable bonds is 7. The Morgan fingerprint density at radius 1 is 1.00 bits per heavy atom. The highest BCUT2D eigenvalue weighted by Gasteiger charge is 2.13. The van der Waals surface area contributed by atoms with Gasteiger partial charge in [0.1, 0.15) is 12.4 Å². The summed E-state index contributed by atoms with van der Waals surface area (Å²) in [5.41, 5.74) is 8.49. The molecule has 0 saturated heterocycles. The van der Waals surface area contributed by atoms with Crippen LogP contribution in [0.2, 0.25) is 0 Å². The number of hydrogen-bond donors (Lipinski definition) is 1. The van der Waals surface area contributed by atoms with Gasteiger partial charge >= 0.3 is 5.97 Å². The van der Waals surface area contributed by atoms with Gasteiger partial charge in [-0.25, -0.2) is 4.79 Å². The second-order valence-electron chi connectivity index (χ2n) is 8.42. The van der Waals surface area contributed by atoms with Gasteiger partial charge in [0, 0.05) is 17.7 Å². The lowest BCUT2D eigenvalue weighted by Gasteiger charge is -2.19. The number of benzene rings is 3. The average Bonchev–Trinajstić information content (AvgIpc) is 2.81. The zero-order valence-corrected chi connectivity index (χ0v) is 18.6. The zero-order valence-electron chi connectivity index (χ0n) is 18.6. The van der Waals surface area contributed by atoms with Crippen molar-refractivity contribution in [3.63, 3.8) is 0 Å². The first-order valence-electron chi connectivity index (χ1n) is 10.3. The Kier molecular flexibility index (Phi) is 7.07. The van der Waals surface area contributed by atoms with E-state index in [1.54, 1.807) is 18.2 Å². The Bertz CT molecular complexity index is 1160. The van der Waals surface area contributed by atoms with Gasteiger partial charge in [-0.2, -0.15) is 0 Å². The highest BCUT2D eigenvalue weighted by atomic mass is 16.7. The van der Waals surface area contributed by atoms with Crippen LogP contribution in [0.25, 0.3) is 0 Å². The van der Waals surface area contributed by atoms with Crippen molar-refractivity contribution in [2.45, 2.75) is 32.8 Å². The summed E-state index contributed by atoms with van der Waals surface area (Å²) >= 11 is 0. The molecule has 0 aromatic heterocycles. The van der Waals surface area contributed by atoms with Crippen LogP contribution < -0.4 is 10.5 Å². The van der Waals surface area contributed by atoms with Crippen LogP contribution in [0.4, 0.5) is 5.69 Å². The van der Waals surface area contributed by atoms with Gasteiger partial charge in [-0.3, -0.25) is 10.1 Å². The minimum absolute atomic E-state index is 0.0670. The van der Waals surface area contributed by atoms with Crippen molar-refractivity contribution in [2.24, 2.45) is 10.9 Å². The first-order valence-corrected chi connectivity index (χ1v) is 10.3. The van der Waals surface area contributed by atoms with Crippen LogP contribution in [-0.2, 0) is 16.9 Å². The molecule has 0 bridgehead atoms. The highest BCUT2D eigenvalue weighted by molar-refractivity contribution is 5.98. The predicted octanol–water partition coefficient (Wildman–Crippen LogP) is 4.95. The average molecular weight is 447 g/mol. The van der Waals surface area contributed by atoms with Gasteiger partial charge in [0.2, 0.25) is 0 Å². The number of nitrogens with two attached hydrogens (primary N) is 1. The van der Waals surface area contributed by atoms with Crippen molar-refractivity contribution < 1.29 is 19.3 Å². The zero-order chi connectivity index (χ0) is 24.0. The maximum absolute atomic E-state index is 12.4. The Morgan fingerprint density at radius 2 is 1.67 bits per heavy atom. The van der Waals surface area contributed by atoms with Crippen LogP contribution >= 0.6 is 0 Å². The summed E-state index contributed by atoms with van der Waals surface area (Å²) < 4.78 is 5.83. The number of ether oxygens (including phenoxy) is 1. The fraction of sp³-hybridized carbons (Fsp3) is 0.200. The molecule has 0 radical (unpaired) electrons. The molecule has 8 heteroatoms. The Labute approximate surface area is 191 Å². The molecule has 0 amide bonds. The van der Waals surface area contributed by atoms with Gasteiger partial charge < -0.3 is 15.3 Å². The molecule has 3 aromatic rings. The lowest BCUT2D eigenvalue weighted by molar-refractivity contribution is -0.384. The largest absolute Gasteiger partial charge is 0.489 e. The second kappa shape index (κ2) is 9.95. The van der Waals surface area contributed by atoms with E-state index in [1.165, 1.54) is 29.8 Å². The smallest absolute Gasteiger partial charge is 0.365 e. The molecule has 0 saturated carbocycles. The van der Waals surface area contributed by atoms with Gasteiger partial charge in [-0.15, -0.1) is 0 Å². The van der Waals surface area contributed by atoms with E-state index in [2.05, 4.69) is 25.9 Å².